The highest BCUT2D eigenvalue weighted by molar-refractivity contribution is 4.94. The fourth-order valence-corrected chi connectivity index (χ4v) is 6.11. The van der Waals surface area contributed by atoms with Gasteiger partial charge in [-0.2, -0.15) is 0 Å². The van der Waals surface area contributed by atoms with Crippen LogP contribution in [-0.2, 0) is 0 Å². The van der Waals surface area contributed by atoms with Crippen molar-refractivity contribution in [3.8, 4) is 0 Å². The monoisotopic (exact) mass is 450 g/mol. The third kappa shape index (κ3) is 10.4. The van der Waals surface area contributed by atoms with Crippen LogP contribution in [-0.4, -0.2) is 67.3 Å². The molecule has 4 nitrogen and oxygen atoms in total. The van der Waals surface area contributed by atoms with Crippen molar-refractivity contribution in [3.05, 3.63) is 0 Å². The van der Waals surface area contributed by atoms with Crippen molar-refractivity contribution in [2.75, 3.05) is 45.9 Å². The van der Waals surface area contributed by atoms with Gasteiger partial charge in [0, 0.05) is 50.8 Å². The summed E-state index contributed by atoms with van der Waals surface area (Å²) in [6.07, 6.45) is 16.4. The normalized spacial score (nSPS) is 25.4. The summed E-state index contributed by atoms with van der Waals surface area (Å²) in [5, 5.41) is 7.81. The first-order valence-electron chi connectivity index (χ1n) is 14.4. The summed E-state index contributed by atoms with van der Waals surface area (Å²) in [4.78, 5) is 5.58. The third-order valence-electron chi connectivity index (χ3n) is 8.13. The number of nitrogens with zero attached hydrogens (tertiary/aromatic N) is 2. The van der Waals surface area contributed by atoms with Gasteiger partial charge in [-0.25, -0.2) is 0 Å². The maximum Gasteiger partial charge on any atom is 0.0507 e. The van der Waals surface area contributed by atoms with Crippen molar-refractivity contribution in [2.24, 2.45) is 11.8 Å². The van der Waals surface area contributed by atoms with Crippen LogP contribution < -0.4 is 10.6 Å². The molecule has 0 bridgehead atoms. The fourth-order valence-electron chi connectivity index (χ4n) is 6.11. The van der Waals surface area contributed by atoms with Gasteiger partial charge in [0.1, 0.15) is 0 Å². The molecule has 0 radical (unpaired) electrons. The lowest BCUT2D eigenvalue weighted by Gasteiger charge is -2.48. The minimum absolute atomic E-state index is 0.196. The second kappa shape index (κ2) is 15.7. The van der Waals surface area contributed by atoms with Crippen LogP contribution in [0.1, 0.15) is 112 Å². The molecule has 4 heteroatoms. The van der Waals surface area contributed by atoms with Crippen molar-refractivity contribution in [2.45, 2.75) is 123 Å². The molecule has 2 rings (SSSR count). The van der Waals surface area contributed by atoms with E-state index in [1.165, 1.54) is 110 Å². The zero-order chi connectivity index (χ0) is 23.2. The number of hydrogen-bond donors (Lipinski definition) is 2. The average molecular weight is 451 g/mol. The molecule has 32 heavy (non-hydrogen) atoms. The van der Waals surface area contributed by atoms with Gasteiger partial charge >= 0.3 is 0 Å². The molecule has 2 unspecified atom stereocenters. The van der Waals surface area contributed by atoms with E-state index in [4.69, 9.17) is 0 Å². The standard InChI is InChI=1S/C28H58N4/c1-6-10-14-25(8-3)20-31-22-28(5,30-19-18-29-27-16-12-13-17-27)23-32(24-31)21-26(9-4)15-11-7-2/h25-27,29-30H,6-24H2,1-5H3. The zero-order valence-electron chi connectivity index (χ0n) is 22.6. The lowest BCUT2D eigenvalue weighted by atomic mass is 9.93. The highest BCUT2D eigenvalue weighted by Crippen LogP contribution is 2.24. The summed E-state index contributed by atoms with van der Waals surface area (Å²) in [6.45, 7) is 20.3. The van der Waals surface area contributed by atoms with Crippen molar-refractivity contribution < 1.29 is 0 Å². The maximum absolute atomic E-state index is 4.00. The van der Waals surface area contributed by atoms with E-state index in [0.717, 1.165) is 31.0 Å². The number of rotatable bonds is 17. The Morgan fingerprint density at radius 1 is 0.812 bits per heavy atom. The highest BCUT2D eigenvalue weighted by atomic mass is 15.4. The van der Waals surface area contributed by atoms with E-state index < -0.39 is 0 Å². The lowest BCUT2D eigenvalue weighted by molar-refractivity contribution is 0.00515. The minimum atomic E-state index is 0.196. The van der Waals surface area contributed by atoms with Gasteiger partial charge in [0.25, 0.3) is 0 Å². The molecule has 1 aliphatic heterocycles. The molecule has 1 aliphatic carbocycles. The van der Waals surface area contributed by atoms with Crippen molar-refractivity contribution in [1.82, 2.24) is 20.4 Å². The molecule has 0 aromatic carbocycles. The quantitative estimate of drug-likeness (QED) is 0.271. The number of nitrogens with one attached hydrogen (secondary N) is 2. The Balaban J connectivity index is 1.93. The fraction of sp³-hybridized carbons (Fsp3) is 1.00. The van der Waals surface area contributed by atoms with Crippen LogP contribution in [0.25, 0.3) is 0 Å². The first-order valence-corrected chi connectivity index (χ1v) is 14.4. The SMILES string of the molecule is CCCCC(CC)CN1CN(CC(CC)CCCC)CC(C)(NCCNC2CCCC2)C1. The summed E-state index contributed by atoms with van der Waals surface area (Å²) in [6, 6.07) is 0.775. The molecule has 1 saturated heterocycles. The summed E-state index contributed by atoms with van der Waals surface area (Å²) in [5.41, 5.74) is 0.196. The summed E-state index contributed by atoms with van der Waals surface area (Å²) < 4.78 is 0. The van der Waals surface area contributed by atoms with Crippen molar-refractivity contribution >= 4 is 0 Å². The van der Waals surface area contributed by atoms with Gasteiger partial charge in [0.05, 0.1) is 6.67 Å². The second-order valence-electron chi connectivity index (χ2n) is 11.4. The molecule has 2 fully saturated rings. The maximum atomic E-state index is 4.00. The minimum Gasteiger partial charge on any atom is -0.313 e. The topological polar surface area (TPSA) is 30.5 Å². The molecule has 0 spiro atoms. The largest absolute Gasteiger partial charge is 0.313 e. The van der Waals surface area contributed by atoms with Gasteiger partial charge in [-0.05, 0) is 44.4 Å². The Labute approximate surface area is 201 Å². The molecule has 0 aromatic rings. The predicted octanol–water partition coefficient (Wildman–Crippen LogP) is 5.87. The van der Waals surface area contributed by atoms with Gasteiger partial charge in [0.2, 0.25) is 0 Å². The van der Waals surface area contributed by atoms with Crippen LogP contribution in [0.3, 0.4) is 0 Å². The third-order valence-corrected chi connectivity index (χ3v) is 8.13. The summed E-state index contributed by atoms with van der Waals surface area (Å²) in [5.74, 6) is 1.70. The van der Waals surface area contributed by atoms with E-state index >= 15 is 0 Å². The number of hydrogen-bond acceptors (Lipinski definition) is 4. The van der Waals surface area contributed by atoms with E-state index in [0.29, 0.717) is 0 Å². The molecular weight excluding hydrogens is 392 g/mol. The molecule has 0 aromatic heterocycles. The van der Waals surface area contributed by atoms with Crippen molar-refractivity contribution in [3.63, 3.8) is 0 Å². The van der Waals surface area contributed by atoms with Crippen LogP contribution in [0.2, 0.25) is 0 Å². The van der Waals surface area contributed by atoms with E-state index in [1.807, 2.05) is 0 Å². The average Bonchev–Trinajstić information content (AvgIpc) is 3.30. The lowest BCUT2D eigenvalue weighted by Crippen LogP contribution is -2.65. The van der Waals surface area contributed by atoms with Gasteiger partial charge in [-0.1, -0.05) is 79.1 Å². The van der Waals surface area contributed by atoms with E-state index in [-0.39, 0.29) is 5.54 Å². The van der Waals surface area contributed by atoms with Crippen molar-refractivity contribution in [1.29, 1.82) is 0 Å². The van der Waals surface area contributed by atoms with Crippen LogP contribution in [0.5, 0.6) is 0 Å². The molecular formula is C28H58N4. The van der Waals surface area contributed by atoms with Gasteiger partial charge in [0.15, 0.2) is 0 Å². The van der Waals surface area contributed by atoms with Gasteiger partial charge in [-0.15, -0.1) is 0 Å². The van der Waals surface area contributed by atoms with Gasteiger partial charge < -0.3 is 10.6 Å². The van der Waals surface area contributed by atoms with Gasteiger partial charge in [-0.3, -0.25) is 9.80 Å². The van der Waals surface area contributed by atoms with E-state index in [2.05, 4.69) is 55.1 Å². The summed E-state index contributed by atoms with van der Waals surface area (Å²) >= 11 is 0. The molecule has 2 N–H and O–H groups in total. The predicted molar refractivity (Wildman–Crippen MR) is 141 cm³/mol. The Hall–Kier alpha value is -0.160. The molecule has 1 heterocycles. The van der Waals surface area contributed by atoms with Crippen LogP contribution in [0, 0.1) is 11.8 Å². The number of unbranched alkanes of at least 4 members (excludes halogenated alkanes) is 2. The smallest absolute Gasteiger partial charge is 0.0507 e. The molecule has 2 atom stereocenters. The Bertz CT molecular complexity index is 436. The first kappa shape index (κ1) is 28.1. The highest BCUT2D eigenvalue weighted by Gasteiger charge is 2.35. The summed E-state index contributed by atoms with van der Waals surface area (Å²) in [7, 11) is 0. The molecule has 0 amide bonds. The second-order valence-corrected chi connectivity index (χ2v) is 11.4. The Morgan fingerprint density at radius 2 is 1.34 bits per heavy atom. The van der Waals surface area contributed by atoms with Crippen LogP contribution in [0.4, 0.5) is 0 Å². The van der Waals surface area contributed by atoms with Crippen LogP contribution in [0.15, 0.2) is 0 Å². The Morgan fingerprint density at radius 3 is 1.81 bits per heavy atom. The Kier molecular flexibility index (Phi) is 13.8. The van der Waals surface area contributed by atoms with E-state index in [9.17, 15) is 0 Å². The molecule has 2 aliphatic rings. The zero-order valence-corrected chi connectivity index (χ0v) is 22.6. The molecule has 1 saturated carbocycles. The molecule has 190 valence electrons. The van der Waals surface area contributed by atoms with E-state index in [1.54, 1.807) is 0 Å². The first-order chi connectivity index (χ1) is 15.5. The van der Waals surface area contributed by atoms with Crippen LogP contribution >= 0.6 is 0 Å².